The number of carbonyl (C=O) groups excluding carboxylic acids is 1. The Morgan fingerprint density at radius 2 is 1.96 bits per heavy atom. The van der Waals surface area contributed by atoms with Gasteiger partial charge in [-0.2, -0.15) is 18.3 Å². The smallest absolute Gasteiger partial charge is 0.321 e. The molecule has 1 aromatic carbocycles. The van der Waals surface area contributed by atoms with Gasteiger partial charge in [-0.05, 0) is 63.8 Å². The predicted octanol–water partition coefficient (Wildman–Crippen LogP) is 4.54. The fourth-order valence-electron chi connectivity index (χ4n) is 3.37. The quantitative estimate of drug-likeness (QED) is 0.520. The van der Waals surface area contributed by atoms with Crippen LogP contribution < -0.4 is 0 Å². The maximum Gasteiger partial charge on any atom is 0.413 e. The van der Waals surface area contributed by atoms with Crippen molar-refractivity contribution in [3.8, 4) is 0 Å². The molecule has 2 aromatic heterocycles. The SMILES string of the molecule is O=C(c1cc2ccc(Br)cn2n1)N1CCc2ccc(F)cc2C1C(F)(F)F. The maximum atomic E-state index is 13.8. The van der Waals surface area contributed by atoms with Crippen LogP contribution in [0.3, 0.4) is 0 Å². The Morgan fingerprint density at radius 1 is 1.19 bits per heavy atom. The van der Waals surface area contributed by atoms with Gasteiger partial charge in [0.05, 0.1) is 5.52 Å². The average Bonchev–Trinajstić information content (AvgIpc) is 3.02. The van der Waals surface area contributed by atoms with Gasteiger partial charge in [-0.15, -0.1) is 0 Å². The highest BCUT2D eigenvalue weighted by Crippen LogP contribution is 2.42. The summed E-state index contributed by atoms with van der Waals surface area (Å²) in [7, 11) is 0. The fourth-order valence-corrected chi connectivity index (χ4v) is 3.70. The van der Waals surface area contributed by atoms with Crippen LogP contribution in [0.2, 0.25) is 0 Å². The minimum absolute atomic E-state index is 0.0952. The van der Waals surface area contributed by atoms with Gasteiger partial charge in [0.25, 0.3) is 5.91 Å². The van der Waals surface area contributed by atoms with E-state index in [4.69, 9.17) is 0 Å². The van der Waals surface area contributed by atoms with Crippen molar-refractivity contribution in [3.05, 3.63) is 69.7 Å². The fraction of sp³-hybridized carbons (Fsp3) is 0.222. The van der Waals surface area contributed by atoms with Crippen LogP contribution in [0, 0.1) is 5.82 Å². The summed E-state index contributed by atoms with van der Waals surface area (Å²) in [4.78, 5) is 13.6. The van der Waals surface area contributed by atoms with Gasteiger partial charge in [0.15, 0.2) is 11.7 Å². The van der Waals surface area contributed by atoms with Gasteiger partial charge in [-0.3, -0.25) is 4.79 Å². The second-order valence-electron chi connectivity index (χ2n) is 6.28. The number of carbonyl (C=O) groups is 1. The largest absolute Gasteiger partial charge is 0.413 e. The molecule has 0 fully saturated rings. The summed E-state index contributed by atoms with van der Waals surface area (Å²) in [6, 6.07) is 5.98. The molecule has 1 atom stereocenters. The number of pyridine rings is 1. The molecule has 0 saturated carbocycles. The minimum atomic E-state index is -4.74. The Morgan fingerprint density at radius 3 is 2.70 bits per heavy atom. The Kier molecular flexibility index (Phi) is 4.21. The Balaban J connectivity index is 1.77. The molecule has 4 rings (SSSR count). The van der Waals surface area contributed by atoms with Gasteiger partial charge in [0.2, 0.25) is 0 Å². The third kappa shape index (κ3) is 3.20. The number of fused-ring (bicyclic) bond motifs is 2. The van der Waals surface area contributed by atoms with E-state index in [2.05, 4.69) is 21.0 Å². The summed E-state index contributed by atoms with van der Waals surface area (Å²) in [5, 5.41) is 4.09. The molecule has 3 aromatic rings. The number of halogens is 5. The Hall–Kier alpha value is -2.42. The van der Waals surface area contributed by atoms with E-state index < -0.39 is 23.9 Å². The van der Waals surface area contributed by atoms with Crippen LogP contribution in [0.5, 0.6) is 0 Å². The average molecular weight is 442 g/mol. The highest BCUT2D eigenvalue weighted by molar-refractivity contribution is 9.10. The van der Waals surface area contributed by atoms with Crippen LogP contribution >= 0.6 is 15.9 Å². The number of benzene rings is 1. The van der Waals surface area contributed by atoms with Crippen molar-refractivity contribution < 1.29 is 22.4 Å². The highest BCUT2D eigenvalue weighted by Gasteiger charge is 2.49. The first-order valence-electron chi connectivity index (χ1n) is 8.05. The molecule has 1 amide bonds. The molecule has 0 radical (unpaired) electrons. The lowest BCUT2D eigenvalue weighted by atomic mass is 9.91. The molecule has 4 nitrogen and oxygen atoms in total. The first kappa shape index (κ1) is 18.0. The molecule has 0 aliphatic carbocycles. The topological polar surface area (TPSA) is 37.6 Å². The Bertz CT molecular complexity index is 1050. The van der Waals surface area contributed by atoms with Crippen molar-refractivity contribution in [1.82, 2.24) is 14.5 Å². The number of nitrogens with zero attached hydrogens (tertiary/aromatic N) is 3. The van der Waals surface area contributed by atoms with E-state index in [9.17, 15) is 22.4 Å². The number of hydrogen-bond acceptors (Lipinski definition) is 2. The van der Waals surface area contributed by atoms with Crippen molar-refractivity contribution in [3.63, 3.8) is 0 Å². The molecule has 0 N–H and O–H groups in total. The van der Waals surface area contributed by atoms with Crippen molar-refractivity contribution in [2.75, 3.05) is 6.54 Å². The predicted molar refractivity (Wildman–Crippen MR) is 92.8 cm³/mol. The number of alkyl halides is 3. The molecule has 9 heteroatoms. The number of hydrogen-bond donors (Lipinski definition) is 0. The molecule has 1 aliphatic heterocycles. The molecule has 0 bridgehead atoms. The number of rotatable bonds is 1. The van der Waals surface area contributed by atoms with E-state index in [1.807, 2.05) is 0 Å². The van der Waals surface area contributed by atoms with Crippen molar-refractivity contribution in [2.24, 2.45) is 0 Å². The third-order valence-electron chi connectivity index (χ3n) is 4.55. The molecule has 1 aliphatic rings. The highest BCUT2D eigenvalue weighted by atomic mass is 79.9. The Labute approximate surface area is 159 Å². The van der Waals surface area contributed by atoms with Crippen LogP contribution in [0.25, 0.3) is 5.52 Å². The normalized spacial score (nSPS) is 17.2. The van der Waals surface area contributed by atoms with Crippen molar-refractivity contribution in [1.29, 1.82) is 0 Å². The van der Waals surface area contributed by atoms with Gasteiger partial charge in [0, 0.05) is 17.2 Å². The summed E-state index contributed by atoms with van der Waals surface area (Å²) < 4.78 is 57.1. The molecular formula is C18H12BrF4N3O. The zero-order valence-corrected chi connectivity index (χ0v) is 15.3. The van der Waals surface area contributed by atoms with E-state index in [0.29, 0.717) is 15.6 Å². The van der Waals surface area contributed by atoms with Crippen LogP contribution in [-0.4, -0.2) is 33.1 Å². The first-order valence-corrected chi connectivity index (χ1v) is 8.84. The third-order valence-corrected chi connectivity index (χ3v) is 5.02. The van der Waals surface area contributed by atoms with E-state index in [1.54, 1.807) is 18.3 Å². The van der Waals surface area contributed by atoms with E-state index in [1.165, 1.54) is 16.6 Å². The zero-order chi connectivity index (χ0) is 19.3. The molecule has 3 heterocycles. The van der Waals surface area contributed by atoms with Crippen LogP contribution in [0.15, 0.2) is 47.1 Å². The second-order valence-corrected chi connectivity index (χ2v) is 7.20. The lowest BCUT2D eigenvalue weighted by Crippen LogP contribution is -2.46. The summed E-state index contributed by atoms with van der Waals surface area (Å²) in [5.74, 6) is -1.61. The van der Waals surface area contributed by atoms with Crippen LogP contribution in [0.1, 0.15) is 27.7 Å². The van der Waals surface area contributed by atoms with Crippen molar-refractivity contribution in [2.45, 2.75) is 18.6 Å². The van der Waals surface area contributed by atoms with Gasteiger partial charge in [0.1, 0.15) is 5.82 Å². The summed E-state index contributed by atoms with van der Waals surface area (Å²) >= 11 is 3.28. The molecule has 140 valence electrons. The number of amides is 1. The van der Waals surface area contributed by atoms with E-state index >= 15 is 0 Å². The first-order chi connectivity index (χ1) is 12.7. The van der Waals surface area contributed by atoms with Gasteiger partial charge >= 0.3 is 6.18 Å². The molecule has 27 heavy (non-hydrogen) atoms. The summed E-state index contributed by atoms with van der Waals surface area (Å²) in [5.41, 5.74) is 0.645. The van der Waals surface area contributed by atoms with Crippen LogP contribution in [-0.2, 0) is 6.42 Å². The maximum absolute atomic E-state index is 13.8. The van der Waals surface area contributed by atoms with Gasteiger partial charge < -0.3 is 4.90 Å². The standard InChI is InChI=1S/C18H12BrF4N3O/c19-11-2-4-13-8-15(24-26(13)9-11)17(27)25-6-5-10-1-3-12(20)7-14(10)16(25)18(21,22)23/h1-4,7-9,16H,5-6H2. The number of aromatic nitrogens is 2. The van der Waals surface area contributed by atoms with Crippen LogP contribution in [0.4, 0.5) is 17.6 Å². The molecule has 0 saturated heterocycles. The van der Waals surface area contributed by atoms with Gasteiger partial charge in [-0.25, -0.2) is 8.91 Å². The van der Waals surface area contributed by atoms with Crippen molar-refractivity contribution >= 4 is 27.4 Å². The lowest BCUT2D eigenvalue weighted by molar-refractivity contribution is -0.181. The van der Waals surface area contributed by atoms with E-state index in [-0.39, 0.29) is 24.2 Å². The lowest BCUT2D eigenvalue weighted by Gasteiger charge is -2.37. The van der Waals surface area contributed by atoms with Gasteiger partial charge in [-0.1, -0.05) is 6.07 Å². The zero-order valence-electron chi connectivity index (χ0n) is 13.7. The summed E-state index contributed by atoms with van der Waals surface area (Å²) in [6.07, 6.45) is -2.91. The summed E-state index contributed by atoms with van der Waals surface area (Å²) in [6.45, 7) is -0.126. The molecular weight excluding hydrogens is 430 g/mol. The minimum Gasteiger partial charge on any atom is -0.321 e. The molecule has 1 unspecified atom stereocenters. The molecule has 0 spiro atoms. The second kappa shape index (κ2) is 6.33. The monoisotopic (exact) mass is 441 g/mol. The van der Waals surface area contributed by atoms with E-state index in [0.717, 1.165) is 17.0 Å².